The topological polar surface area (TPSA) is 81.1 Å². The lowest BCUT2D eigenvalue weighted by Crippen LogP contribution is -2.27. The van der Waals surface area contributed by atoms with Gasteiger partial charge in [0, 0.05) is 11.6 Å². The molecule has 1 heterocycles. The number of nitrogen functional groups attached to an aromatic ring is 1. The number of hydrogen-bond acceptors (Lipinski definition) is 4. The lowest BCUT2D eigenvalue weighted by atomic mass is 9.87. The van der Waals surface area contributed by atoms with Gasteiger partial charge in [-0.1, -0.05) is 0 Å². The molecule has 100 valence electrons. The van der Waals surface area contributed by atoms with Crippen molar-refractivity contribution >= 4 is 22.6 Å². The SMILES string of the molecule is Nc1ccc2c(c1)ncn2C(=O)C1CCC(O)CC1. The number of nitrogens with two attached hydrogens (primary N) is 1. The van der Waals surface area contributed by atoms with Crippen LogP contribution in [-0.4, -0.2) is 26.7 Å². The van der Waals surface area contributed by atoms with Crippen molar-refractivity contribution in [2.45, 2.75) is 31.8 Å². The largest absolute Gasteiger partial charge is 0.399 e. The molecule has 1 fully saturated rings. The van der Waals surface area contributed by atoms with Gasteiger partial charge < -0.3 is 10.8 Å². The summed E-state index contributed by atoms with van der Waals surface area (Å²) in [6.45, 7) is 0. The Labute approximate surface area is 111 Å². The first-order valence-corrected chi connectivity index (χ1v) is 6.60. The van der Waals surface area contributed by atoms with Crippen LogP contribution in [0, 0.1) is 5.92 Å². The molecule has 3 rings (SSSR count). The molecule has 5 heteroatoms. The van der Waals surface area contributed by atoms with Crippen molar-refractivity contribution in [2.75, 3.05) is 5.73 Å². The molecule has 1 saturated carbocycles. The van der Waals surface area contributed by atoms with Gasteiger partial charge in [-0.3, -0.25) is 9.36 Å². The summed E-state index contributed by atoms with van der Waals surface area (Å²) >= 11 is 0. The number of carbonyl (C=O) groups excluding carboxylic acids is 1. The first-order valence-electron chi connectivity index (χ1n) is 6.60. The van der Waals surface area contributed by atoms with Gasteiger partial charge in [-0.25, -0.2) is 4.98 Å². The summed E-state index contributed by atoms with van der Waals surface area (Å²) in [5.74, 6) is 0.0533. The molecule has 0 amide bonds. The number of anilines is 1. The third-order valence-corrected chi connectivity index (χ3v) is 3.85. The van der Waals surface area contributed by atoms with Gasteiger partial charge in [0.1, 0.15) is 6.33 Å². The number of aromatic nitrogens is 2. The lowest BCUT2D eigenvalue weighted by Gasteiger charge is -2.24. The summed E-state index contributed by atoms with van der Waals surface area (Å²) in [6, 6.07) is 5.37. The number of rotatable bonds is 1. The Hall–Kier alpha value is -1.88. The molecule has 1 aromatic heterocycles. The summed E-state index contributed by atoms with van der Waals surface area (Å²) in [4.78, 5) is 16.7. The van der Waals surface area contributed by atoms with E-state index in [0.29, 0.717) is 18.5 Å². The lowest BCUT2D eigenvalue weighted by molar-refractivity contribution is 0.0692. The van der Waals surface area contributed by atoms with Crippen molar-refractivity contribution in [1.82, 2.24) is 9.55 Å². The minimum Gasteiger partial charge on any atom is -0.399 e. The maximum absolute atomic E-state index is 12.5. The molecule has 1 aliphatic carbocycles. The van der Waals surface area contributed by atoms with E-state index >= 15 is 0 Å². The molecule has 5 nitrogen and oxygen atoms in total. The fraction of sp³-hybridized carbons (Fsp3) is 0.429. The Morgan fingerprint density at radius 3 is 2.79 bits per heavy atom. The van der Waals surface area contributed by atoms with Crippen molar-refractivity contribution in [3.63, 3.8) is 0 Å². The molecule has 1 aromatic carbocycles. The van der Waals surface area contributed by atoms with Gasteiger partial charge in [0.15, 0.2) is 0 Å². The molecule has 0 unspecified atom stereocenters. The molecular formula is C14H17N3O2. The molecule has 3 N–H and O–H groups in total. The van der Waals surface area contributed by atoms with Crippen molar-refractivity contribution in [3.8, 4) is 0 Å². The molecule has 0 bridgehead atoms. The minimum atomic E-state index is -0.247. The van der Waals surface area contributed by atoms with Crippen LogP contribution in [0.3, 0.4) is 0 Å². The van der Waals surface area contributed by atoms with Crippen LogP contribution < -0.4 is 5.73 Å². The standard InChI is InChI=1S/C14H17N3O2/c15-10-3-6-13-12(7-10)16-8-17(13)14(19)9-1-4-11(18)5-2-9/h3,6-9,11,18H,1-2,4-5,15H2. The zero-order valence-electron chi connectivity index (χ0n) is 10.6. The number of benzene rings is 1. The quantitative estimate of drug-likeness (QED) is 0.765. The highest BCUT2D eigenvalue weighted by molar-refractivity contribution is 5.92. The third kappa shape index (κ3) is 2.21. The van der Waals surface area contributed by atoms with E-state index in [-0.39, 0.29) is 17.9 Å². The Morgan fingerprint density at radius 2 is 2.05 bits per heavy atom. The Kier molecular flexibility index (Phi) is 2.98. The van der Waals surface area contributed by atoms with E-state index < -0.39 is 0 Å². The van der Waals surface area contributed by atoms with E-state index in [2.05, 4.69) is 4.98 Å². The molecule has 0 spiro atoms. The van der Waals surface area contributed by atoms with Gasteiger partial charge in [-0.15, -0.1) is 0 Å². The van der Waals surface area contributed by atoms with Gasteiger partial charge in [0.2, 0.25) is 5.91 Å². The van der Waals surface area contributed by atoms with Gasteiger partial charge in [-0.05, 0) is 43.9 Å². The van der Waals surface area contributed by atoms with Gasteiger partial charge in [-0.2, -0.15) is 0 Å². The molecule has 0 radical (unpaired) electrons. The summed E-state index contributed by atoms with van der Waals surface area (Å²) in [5.41, 5.74) is 7.89. The van der Waals surface area contributed by atoms with E-state index in [1.54, 1.807) is 23.0 Å². The number of nitrogens with zero attached hydrogens (tertiary/aromatic N) is 2. The van der Waals surface area contributed by atoms with E-state index in [9.17, 15) is 9.90 Å². The second-order valence-electron chi connectivity index (χ2n) is 5.21. The maximum Gasteiger partial charge on any atom is 0.235 e. The number of imidazole rings is 1. The fourth-order valence-electron chi connectivity index (χ4n) is 2.72. The summed E-state index contributed by atoms with van der Waals surface area (Å²) in [5, 5.41) is 9.50. The fourth-order valence-corrected chi connectivity index (χ4v) is 2.72. The number of hydrogen-bond donors (Lipinski definition) is 2. The monoisotopic (exact) mass is 259 g/mol. The highest BCUT2D eigenvalue weighted by Gasteiger charge is 2.27. The van der Waals surface area contributed by atoms with E-state index in [0.717, 1.165) is 23.9 Å². The van der Waals surface area contributed by atoms with Crippen LogP contribution in [0.1, 0.15) is 30.5 Å². The molecule has 0 atom stereocenters. The predicted molar refractivity (Wildman–Crippen MR) is 72.7 cm³/mol. The Bertz CT molecular complexity index is 612. The Morgan fingerprint density at radius 1 is 1.32 bits per heavy atom. The molecule has 19 heavy (non-hydrogen) atoms. The first-order chi connectivity index (χ1) is 9.15. The van der Waals surface area contributed by atoms with Crippen LogP contribution >= 0.6 is 0 Å². The summed E-state index contributed by atoms with van der Waals surface area (Å²) < 4.78 is 1.61. The second kappa shape index (κ2) is 4.66. The van der Waals surface area contributed by atoms with E-state index in [1.807, 2.05) is 6.07 Å². The molecule has 1 aliphatic rings. The Balaban J connectivity index is 1.89. The number of fused-ring (bicyclic) bond motifs is 1. The smallest absolute Gasteiger partial charge is 0.235 e. The highest BCUT2D eigenvalue weighted by atomic mass is 16.3. The summed E-state index contributed by atoms with van der Waals surface area (Å²) in [7, 11) is 0. The molecule has 0 aliphatic heterocycles. The van der Waals surface area contributed by atoms with Crippen LogP contribution in [0.2, 0.25) is 0 Å². The average molecular weight is 259 g/mol. The van der Waals surface area contributed by atoms with Crippen molar-refractivity contribution in [2.24, 2.45) is 5.92 Å². The zero-order valence-corrected chi connectivity index (χ0v) is 10.6. The van der Waals surface area contributed by atoms with Crippen molar-refractivity contribution in [3.05, 3.63) is 24.5 Å². The van der Waals surface area contributed by atoms with Crippen LogP contribution in [0.15, 0.2) is 24.5 Å². The van der Waals surface area contributed by atoms with Gasteiger partial charge in [0.25, 0.3) is 0 Å². The predicted octanol–water partition coefficient (Wildman–Crippen LogP) is 1.81. The first kappa shape index (κ1) is 12.2. The van der Waals surface area contributed by atoms with Crippen LogP contribution in [0.5, 0.6) is 0 Å². The zero-order chi connectivity index (χ0) is 13.4. The molecule has 2 aromatic rings. The summed E-state index contributed by atoms with van der Waals surface area (Å²) in [6.07, 6.45) is 4.22. The molecule has 0 saturated heterocycles. The van der Waals surface area contributed by atoms with Crippen molar-refractivity contribution < 1.29 is 9.90 Å². The second-order valence-corrected chi connectivity index (χ2v) is 5.21. The number of carbonyl (C=O) groups is 1. The highest BCUT2D eigenvalue weighted by Crippen LogP contribution is 2.27. The third-order valence-electron chi connectivity index (χ3n) is 3.85. The van der Waals surface area contributed by atoms with E-state index in [1.165, 1.54) is 0 Å². The minimum absolute atomic E-state index is 0.0154. The van der Waals surface area contributed by atoms with E-state index in [4.69, 9.17) is 5.73 Å². The van der Waals surface area contributed by atoms with Crippen LogP contribution in [0.25, 0.3) is 11.0 Å². The number of aliphatic hydroxyl groups is 1. The van der Waals surface area contributed by atoms with Gasteiger partial charge >= 0.3 is 0 Å². The number of aliphatic hydroxyl groups excluding tert-OH is 1. The molecular weight excluding hydrogens is 242 g/mol. The van der Waals surface area contributed by atoms with Crippen LogP contribution in [-0.2, 0) is 0 Å². The average Bonchev–Trinajstić information content (AvgIpc) is 2.81. The van der Waals surface area contributed by atoms with Crippen molar-refractivity contribution in [1.29, 1.82) is 0 Å². The van der Waals surface area contributed by atoms with Gasteiger partial charge in [0.05, 0.1) is 17.1 Å². The normalized spacial score (nSPS) is 23.6. The van der Waals surface area contributed by atoms with Crippen LogP contribution in [0.4, 0.5) is 5.69 Å². The maximum atomic E-state index is 12.5.